The van der Waals surface area contributed by atoms with E-state index in [1.165, 1.54) is 61.2 Å². The van der Waals surface area contributed by atoms with Gasteiger partial charge in [0.2, 0.25) is 0 Å². The molecule has 0 heterocycles. The Morgan fingerprint density at radius 3 is 2.12 bits per heavy atom. The van der Waals surface area contributed by atoms with Crippen LogP contribution in [0, 0.1) is 11.3 Å². The van der Waals surface area contributed by atoms with Crippen LogP contribution in [0.25, 0.3) is 38.2 Å². The van der Waals surface area contributed by atoms with Gasteiger partial charge in [0.05, 0.1) is 5.70 Å². The van der Waals surface area contributed by atoms with E-state index in [1.54, 1.807) is 6.08 Å². The van der Waals surface area contributed by atoms with Crippen molar-refractivity contribution in [3.8, 4) is 11.1 Å². The monoisotopic (exact) mass is 534 g/mol. The Balaban J connectivity index is 1.72. The van der Waals surface area contributed by atoms with E-state index in [-0.39, 0.29) is 5.92 Å². The molecule has 41 heavy (non-hydrogen) atoms. The number of fused-ring (bicyclic) bond motifs is 2. The fourth-order valence-corrected chi connectivity index (χ4v) is 6.13. The first-order valence-electron chi connectivity index (χ1n) is 14.3. The molecule has 0 fully saturated rings. The van der Waals surface area contributed by atoms with Crippen molar-refractivity contribution in [2.75, 3.05) is 13.6 Å². The van der Waals surface area contributed by atoms with E-state index < -0.39 is 0 Å². The molecule has 1 unspecified atom stereocenters. The number of hydrogen-bond donors (Lipinski definition) is 1. The third kappa shape index (κ3) is 5.64. The zero-order valence-electron chi connectivity index (χ0n) is 24.3. The van der Waals surface area contributed by atoms with Crippen molar-refractivity contribution >= 4 is 33.3 Å². The van der Waals surface area contributed by atoms with Gasteiger partial charge in [-0.3, -0.25) is 0 Å². The van der Waals surface area contributed by atoms with Gasteiger partial charge in [0.15, 0.2) is 0 Å². The molecule has 4 aromatic rings. The molecule has 4 aromatic carbocycles. The van der Waals surface area contributed by atoms with E-state index in [2.05, 4.69) is 135 Å². The highest BCUT2D eigenvalue weighted by Gasteiger charge is 2.23. The summed E-state index contributed by atoms with van der Waals surface area (Å²) in [5, 5.41) is 12.9. The third-order valence-corrected chi connectivity index (χ3v) is 7.84. The third-order valence-electron chi connectivity index (χ3n) is 7.84. The molecule has 0 bridgehead atoms. The van der Waals surface area contributed by atoms with Crippen molar-refractivity contribution in [3.63, 3.8) is 0 Å². The smallest absolute Gasteiger partial charge is 0.0545 e. The zero-order valence-corrected chi connectivity index (χ0v) is 24.3. The molecule has 0 saturated carbocycles. The van der Waals surface area contributed by atoms with Crippen molar-refractivity contribution in [2.45, 2.75) is 20.3 Å². The van der Waals surface area contributed by atoms with Gasteiger partial charge in [-0.25, -0.2) is 0 Å². The van der Waals surface area contributed by atoms with Crippen LogP contribution in [0.1, 0.15) is 25.8 Å². The molecule has 0 aromatic heterocycles. The highest BCUT2D eigenvalue weighted by molar-refractivity contribution is 6.19. The number of rotatable bonds is 9. The molecule has 1 atom stereocenters. The quantitative estimate of drug-likeness (QED) is 0.0983. The minimum Gasteiger partial charge on any atom is -0.369 e. The highest BCUT2D eigenvalue weighted by atomic mass is 15.1. The number of hydrogen-bond acceptors (Lipinski definition) is 2. The largest absolute Gasteiger partial charge is 0.369 e. The second-order valence-electron chi connectivity index (χ2n) is 10.7. The van der Waals surface area contributed by atoms with Gasteiger partial charge < -0.3 is 10.3 Å². The summed E-state index contributed by atoms with van der Waals surface area (Å²) in [6.45, 7) is 8.85. The molecule has 0 saturated heterocycles. The molecule has 2 nitrogen and oxygen atoms in total. The first kappa shape index (κ1) is 27.9. The van der Waals surface area contributed by atoms with Crippen molar-refractivity contribution < 1.29 is 0 Å². The topological polar surface area (TPSA) is 27.1 Å². The predicted molar refractivity (Wildman–Crippen MR) is 179 cm³/mol. The minimum atomic E-state index is 0.285. The Morgan fingerprint density at radius 2 is 1.54 bits per heavy atom. The number of allylic oxidation sites excluding steroid dienone is 10. The lowest BCUT2D eigenvalue weighted by atomic mass is 9.83. The lowest BCUT2D eigenvalue weighted by Gasteiger charge is -2.22. The first-order chi connectivity index (χ1) is 20.1. The summed E-state index contributed by atoms with van der Waals surface area (Å²) in [6.07, 6.45) is 17.5. The van der Waals surface area contributed by atoms with Gasteiger partial charge in [0, 0.05) is 25.7 Å². The fourth-order valence-electron chi connectivity index (χ4n) is 6.13. The molecule has 1 aliphatic rings. The summed E-state index contributed by atoms with van der Waals surface area (Å²) < 4.78 is 0. The van der Waals surface area contributed by atoms with Gasteiger partial charge in [0.25, 0.3) is 0 Å². The maximum Gasteiger partial charge on any atom is 0.0545 e. The molecule has 204 valence electrons. The number of nitrogens with one attached hydrogen (secondary N) is 1. The molecule has 1 aliphatic carbocycles. The Hall–Kier alpha value is -4.69. The number of benzene rings is 4. The number of nitrogens with zero attached hydrogens (tertiary/aromatic N) is 1. The van der Waals surface area contributed by atoms with Crippen molar-refractivity contribution in [1.82, 2.24) is 4.90 Å². The molecule has 0 radical (unpaired) electrons. The summed E-state index contributed by atoms with van der Waals surface area (Å²) in [4.78, 5) is 2.10. The fraction of sp³-hybridized carbons (Fsp3) is 0.154. The van der Waals surface area contributed by atoms with Crippen molar-refractivity contribution in [1.29, 1.82) is 5.41 Å². The van der Waals surface area contributed by atoms with Crippen LogP contribution in [0.4, 0.5) is 0 Å². The normalized spacial score (nSPS) is 17.0. The molecule has 0 aliphatic heterocycles. The molecule has 5 rings (SSSR count). The van der Waals surface area contributed by atoms with Crippen molar-refractivity contribution in [2.24, 2.45) is 5.92 Å². The van der Waals surface area contributed by atoms with Crippen LogP contribution in [0.3, 0.4) is 0 Å². The minimum absolute atomic E-state index is 0.285. The summed E-state index contributed by atoms with van der Waals surface area (Å²) in [7, 11) is 2.03. The van der Waals surface area contributed by atoms with Crippen LogP contribution in [0.2, 0.25) is 0 Å². The van der Waals surface area contributed by atoms with Crippen molar-refractivity contribution in [3.05, 3.63) is 150 Å². The zero-order chi connectivity index (χ0) is 28.8. The maximum absolute atomic E-state index is 7.77. The lowest BCUT2D eigenvalue weighted by molar-refractivity contribution is 0.476. The molecule has 0 spiro atoms. The van der Waals surface area contributed by atoms with Gasteiger partial charge in [-0.1, -0.05) is 127 Å². The Kier molecular flexibility index (Phi) is 8.60. The molecule has 1 N–H and O–H groups in total. The first-order valence-corrected chi connectivity index (χ1v) is 14.3. The van der Waals surface area contributed by atoms with E-state index in [4.69, 9.17) is 5.41 Å². The lowest BCUT2D eigenvalue weighted by Crippen LogP contribution is -2.21. The van der Waals surface area contributed by atoms with Crippen LogP contribution < -0.4 is 0 Å². The SMILES string of the molecule is C=C/C=C(\C=N)N(C)C/C(C)=C/C1CC=C/C1=C(/C=C\C)c1c2ccccc2c(-c2ccccc2)c2ccccc12. The average Bonchev–Trinajstić information content (AvgIpc) is 3.45. The highest BCUT2D eigenvalue weighted by Crippen LogP contribution is 2.44. The standard InChI is InChI=1S/C39H38N2/c1-5-15-31(26-40)41(4)27-28(3)25-30-19-14-24-32(30)33(16-6-2)39-36-22-12-10-20-34(36)38(29-17-8-7-9-18-29)35-21-11-13-23-37(35)39/h5-18,20-26,30,40H,1,19,27H2,2-4H3/b16-6-,28-25+,31-15+,33-32+,40-26?. The van der Waals surface area contributed by atoms with E-state index in [9.17, 15) is 0 Å². The second-order valence-corrected chi connectivity index (χ2v) is 10.7. The van der Waals surface area contributed by atoms with Crippen LogP contribution in [-0.4, -0.2) is 24.7 Å². The van der Waals surface area contributed by atoms with E-state index in [0.29, 0.717) is 0 Å². The Bertz CT molecular complexity index is 1690. The van der Waals surface area contributed by atoms with E-state index in [1.807, 2.05) is 13.1 Å². The van der Waals surface area contributed by atoms with Crippen LogP contribution in [0.5, 0.6) is 0 Å². The van der Waals surface area contributed by atoms with Crippen LogP contribution >= 0.6 is 0 Å². The Labute approximate surface area is 244 Å². The van der Waals surface area contributed by atoms with E-state index >= 15 is 0 Å². The van der Waals surface area contributed by atoms with E-state index in [0.717, 1.165) is 18.7 Å². The average molecular weight is 535 g/mol. The summed E-state index contributed by atoms with van der Waals surface area (Å²) in [6, 6.07) is 28.5. The van der Waals surface area contributed by atoms with Gasteiger partial charge in [-0.2, -0.15) is 0 Å². The van der Waals surface area contributed by atoms with Gasteiger partial charge in [0.1, 0.15) is 0 Å². The number of likely N-dealkylation sites (N-methyl/N-ethyl adjacent to an activating group) is 1. The molecular weight excluding hydrogens is 496 g/mol. The van der Waals surface area contributed by atoms with Gasteiger partial charge >= 0.3 is 0 Å². The molecule has 0 amide bonds. The predicted octanol–water partition coefficient (Wildman–Crippen LogP) is 10.2. The molecular formula is C39H38N2. The maximum atomic E-state index is 7.77. The van der Waals surface area contributed by atoms with Gasteiger partial charge in [-0.15, -0.1) is 0 Å². The summed E-state index contributed by atoms with van der Waals surface area (Å²) in [5.74, 6) is 0.285. The van der Waals surface area contributed by atoms with Gasteiger partial charge in [-0.05, 0) is 75.7 Å². The van der Waals surface area contributed by atoms with Crippen LogP contribution in [0.15, 0.2) is 145 Å². The second kappa shape index (κ2) is 12.7. The summed E-state index contributed by atoms with van der Waals surface area (Å²) >= 11 is 0. The Morgan fingerprint density at radius 1 is 0.927 bits per heavy atom. The molecule has 2 heteroatoms. The van der Waals surface area contributed by atoms with Crippen LogP contribution in [-0.2, 0) is 0 Å². The summed E-state index contributed by atoms with van der Waals surface area (Å²) in [5.41, 5.74) is 8.58.